The van der Waals surface area contributed by atoms with Gasteiger partial charge in [-0.1, -0.05) is 34.1 Å². The fourth-order valence-corrected chi connectivity index (χ4v) is 2.47. The van der Waals surface area contributed by atoms with Gasteiger partial charge < -0.3 is 10.2 Å². The Bertz CT molecular complexity index is 460. The number of aromatic nitrogens is 2. The fraction of sp³-hybridized carbons (Fsp3) is 0.765. The summed E-state index contributed by atoms with van der Waals surface area (Å²) in [6, 6.07) is 2.09. The Morgan fingerprint density at radius 1 is 1.29 bits per heavy atom. The molecule has 0 aromatic carbocycles. The topological polar surface area (TPSA) is 41.0 Å². The van der Waals surface area contributed by atoms with Crippen molar-refractivity contribution in [3.05, 3.63) is 11.9 Å². The Morgan fingerprint density at radius 2 is 2.00 bits per heavy atom. The number of hydrogen-bond donors (Lipinski definition) is 1. The maximum absolute atomic E-state index is 4.80. The molecule has 0 spiro atoms. The third-order valence-electron chi connectivity index (χ3n) is 4.09. The van der Waals surface area contributed by atoms with Crippen LogP contribution in [0.1, 0.15) is 59.2 Å². The maximum atomic E-state index is 4.80. The average Bonchev–Trinajstić information content (AvgIpc) is 2.39. The van der Waals surface area contributed by atoms with Crippen molar-refractivity contribution < 1.29 is 0 Å². The summed E-state index contributed by atoms with van der Waals surface area (Å²) < 4.78 is 0. The normalized spacial score (nSPS) is 15.7. The van der Waals surface area contributed by atoms with Gasteiger partial charge in [-0.05, 0) is 25.2 Å². The molecule has 0 aliphatic heterocycles. The Labute approximate surface area is 129 Å². The second kappa shape index (κ2) is 6.63. The van der Waals surface area contributed by atoms with E-state index >= 15 is 0 Å². The summed E-state index contributed by atoms with van der Waals surface area (Å²) in [6.45, 7) is 10.7. The first-order valence-corrected chi connectivity index (χ1v) is 8.24. The Hall–Kier alpha value is -1.32. The van der Waals surface area contributed by atoms with E-state index in [0.29, 0.717) is 0 Å². The molecule has 4 heteroatoms. The summed E-state index contributed by atoms with van der Waals surface area (Å²) in [6.07, 6.45) is 5.21. The van der Waals surface area contributed by atoms with E-state index in [4.69, 9.17) is 4.98 Å². The first kappa shape index (κ1) is 16.1. The van der Waals surface area contributed by atoms with Crippen molar-refractivity contribution in [3.63, 3.8) is 0 Å². The van der Waals surface area contributed by atoms with Gasteiger partial charge in [-0.25, -0.2) is 9.97 Å². The molecule has 0 amide bonds. The lowest BCUT2D eigenvalue weighted by Gasteiger charge is -2.31. The van der Waals surface area contributed by atoms with E-state index in [9.17, 15) is 0 Å². The van der Waals surface area contributed by atoms with Gasteiger partial charge in [0.2, 0.25) is 0 Å². The van der Waals surface area contributed by atoms with E-state index in [2.05, 4.69) is 56.0 Å². The Kier molecular flexibility index (Phi) is 5.07. The minimum absolute atomic E-state index is 0.0318. The largest absolute Gasteiger partial charge is 0.370 e. The highest BCUT2D eigenvalue weighted by Gasteiger charge is 2.23. The Balaban J connectivity index is 2.20. The van der Waals surface area contributed by atoms with E-state index < -0.39 is 0 Å². The predicted octanol–water partition coefficient (Wildman–Crippen LogP) is 3.83. The van der Waals surface area contributed by atoms with Gasteiger partial charge in [-0.3, -0.25) is 0 Å². The van der Waals surface area contributed by atoms with Crippen molar-refractivity contribution in [2.45, 2.75) is 58.8 Å². The molecule has 1 heterocycles. The first-order valence-electron chi connectivity index (χ1n) is 8.24. The highest BCUT2D eigenvalue weighted by Crippen LogP contribution is 2.29. The van der Waals surface area contributed by atoms with Crippen LogP contribution in [0.2, 0.25) is 0 Å². The van der Waals surface area contributed by atoms with Crippen molar-refractivity contribution in [1.82, 2.24) is 9.97 Å². The van der Waals surface area contributed by atoms with Gasteiger partial charge in [-0.2, -0.15) is 0 Å². The molecule has 1 aromatic heterocycles. The zero-order valence-corrected chi connectivity index (χ0v) is 14.2. The number of anilines is 2. The molecule has 1 aliphatic carbocycles. The lowest BCUT2D eigenvalue weighted by Crippen LogP contribution is -2.31. The zero-order valence-electron chi connectivity index (χ0n) is 14.2. The number of nitrogens with zero attached hydrogens (tertiary/aromatic N) is 3. The highest BCUT2D eigenvalue weighted by molar-refractivity contribution is 5.49. The summed E-state index contributed by atoms with van der Waals surface area (Å²) in [5, 5.41) is 3.41. The molecule has 1 aliphatic rings. The average molecular weight is 290 g/mol. The molecule has 1 fully saturated rings. The molecule has 118 valence electrons. The van der Waals surface area contributed by atoms with Crippen LogP contribution in [0.5, 0.6) is 0 Å². The fourth-order valence-electron chi connectivity index (χ4n) is 2.47. The van der Waals surface area contributed by atoms with Crippen LogP contribution in [0.15, 0.2) is 6.07 Å². The lowest BCUT2D eigenvalue weighted by molar-refractivity contribution is 0.321. The quantitative estimate of drug-likeness (QED) is 0.864. The van der Waals surface area contributed by atoms with Gasteiger partial charge in [0.15, 0.2) is 0 Å². The van der Waals surface area contributed by atoms with Gasteiger partial charge in [-0.15, -0.1) is 0 Å². The number of hydrogen-bond acceptors (Lipinski definition) is 4. The molecule has 0 unspecified atom stereocenters. The van der Waals surface area contributed by atoms with Crippen LogP contribution < -0.4 is 10.2 Å². The molecule has 2 rings (SSSR count). The molecule has 4 nitrogen and oxygen atoms in total. The summed E-state index contributed by atoms with van der Waals surface area (Å²) in [5.74, 6) is 3.75. The van der Waals surface area contributed by atoms with Crippen LogP contribution in [-0.2, 0) is 5.41 Å². The molecule has 1 saturated carbocycles. The van der Waals surface area contributed by atoms with E-state index in [1.807, 2.05) is 0 Å². The molecule has 0 bridgehead atoms. The second-order valence-electron chi connectivity index (χ2n) is 7.29. The minimum atomic E-state index is -0.0318. The van der Waals surface area contributed by atoms with Gasteiger partial charge >= 0.3 is 0 Å². The molecular formula is C17H30N4. The van der Waals surface area contributed by atoms with Gasteiger partial charge in [0.1, 0.15) is 17.5 Å². The van der Waals surface area contributed by atoms with Crippen molar-refractivity contribution in [2.75, 3.05) is 30.4 Å². The second-order valence-corrected chi connectivity index (χ2v) is 7.29. The van der Waals surface area contributed by atoms with Crippen LogP contribution in [-0.4, -0.2) is 30.1 Å². The zero-order chi connectivity index (χ0) is 15.5. The summed E-state index contributed by atoms with van der Waals surface area (Å²) in [5.41, 5.74) is -0.0318. The van der Waals surface area contributed by atoms with Crippen LogP contribution in [0.25, 0.3) is 0 Å². The molecule has 21 heavy (non-hydrogen) atoms. The predicted molar refractivity (Wildman–Crippen MR) is 90.1 cm³/mol. The van der Waals surface area contributed by atoms with Gasteiger partial charge in [0, 0.05) is 31.6 Å². The smallest absolute Gasteiger partial charge is 0.138 e. The molecule has 0 saturated heterocycles. The molecule has 0 radical (unpaired) electrons. The first-order chi connectivity index (χ1) is 9.90. The summed E-state index contributed by atoms with van der Waals surface area (Å²) >= 11 is 0. The van der Waals surface area contributed by atoms with Crippen LogP contribution in [0, 0.1) is 5.92 Å². The van der Waals surface area contributed by atoms with Crippen LogP contribution in [0.4, 0.5) is 11.6 Å². The lowest BCUT2D eigenvalue weighted by atomic mass is 9.85. The Morgan fingerprint density at radius 3 is 2.52 bits per heavy atom. The maximum Gasteiger partial charge on any atom is 0.138 e. The van der Waals surface area contributed by atoms with Crippen molar-refractivity contribution in [1.29, 1.82) is 0 Å². The van der Waals surface area contributed by atoms with Gasteiger partial charge in [0.05, 0.1) is 0 Å². The van der Waals surface area contributed by atoms with E-state index in [1.165, 1.54) is 19.3 Å². The SMILES string of the molecule is CCCNc1cc(N(C)CC2CCC2)nc(C(C)(C)C)n1. The van der Waals surface area contributed by atoms with E-state index in [-0.39, 0.29) is 5.41 Å². The van der Waals surface area contributed by atoms with E-state index in [0.717, 1.165) is 42.9 Å². The van der Waals surface area contributed by atoms with Crippen molar-refractivity contribution >= 4 is 11.6 Å². The number of rotatable bonds is 6. The third-order valence-corrected chi connectivity index (χ3v) is 4.09. The monoisotopic (exact) mass is 290 g/mol. The molecule has 1 N–H and O–H groups in total. The van der Waals surface area contributed by atoms with Crippen LogP contribution >= 0.6 is 0 Å². The molecular weight excluding hydrogens is 260 g/mol. The van der Waals surface area contributed by atoms with E-state index in [1.54, 1.807) is 0 Å². The standard InChI is InChI=1S/C17H30N4/c1-6-10-18-14-11-15(20-16(19-14)17(2,3)4)21(5)12-13-8-7-9-13/h11,13H,6-10,12H2,1-5H3,(H,18,19,20). The minimum Gasteiger partial charge on any atom is -0.370 e. The van der Waals surface area contributed by atoms with Crippen LogP contribution in [0.3, 0.4) is 0 Å². The number of nitrogens with one attached hydrogen (secondary N) is 1. The summed E-state index contributed by atoms with van der Waals surface area (Å²) in [4.78, 5) is 11.8. The molecule has 0 atom stereocenters. The molecule has 1 aromatic rings. The van der Waals surface area contributed by atoms with Gasteiger partial charge in [0.25, 0.3) is 0 Å². The van der Waals surface area contributed by atoms with Crippen molar-refractivity contribution in [2.24, 2.45) is 5.92 Å². The summed E-state index contributed by atoms with van der Waals surface area (Å²) in [7, 11) is 2.15. The van der Waals surface area contributed by atoms with Crippen molar-refractivity contribution in [3.8, 4) is 0 Å². The third kappa shape index (κ3) is 4.32. The highest BCUT2D eigenvalue weighted by atomic mass is 15.2.